The number of rotatable bonds is 1. The van der Waals surface area contributed by atoms with Gasteiger partial charge in [0.1, 0.15) is 0 Å². The molecule has 0 amide bonds. The van der Waals surface area contributed by atoms with Crippen LogP contribution in [0.25, 0.3) is 5.70 Å². The van der Waals surface area contributed by atoms with Crippen molar-refractivity contribution < 1.29 is 0 Å². The van der Waals surface area contributed by atoms with Crippen molar-refractivity contribution in [2.75, 3.05) is 0 Å². The maximum absolute atomic E-state index is 6.52. The van der Waals surface area contributed by atoms with E-state index in [1.165, 1.54) is 11.1 Å². The van der Waals surface area contributed by atoms with E-state index >= 15 is 0 Å². The van der Waals surface area contributed by atoms with E-state index in [1.54, 1.807) is 0 Å². The Kier molecular flexibility index (Phi) is 2.94. The molecule has 0 fully saturated rings. The van der Waals surface area contributed by atoms with Crippen LogP contribution < -0.4 is 5.32 Å². The Labute approximate surface area is 119 Å². The molecule has 3 heteroatoms. The summed E-state index contributed by atoms with van der Waals surface area (Å²) in [5.74, 6) is 0.462. The fourth-order valence-electron chi connectivity index (χ4n) is 2.73. The molecule has 3 rings (SSSR count). The van der Waals surface area contributed by atoms with Crippen LogP contribution in [0.15, 0.2) is 35.0 Å². The molecule has 19 heavy (non-hydrogen) atoms. The van der Waals surface area contributed by atoms with E-state index in [-0.39, 0.29) is 5.54 Å². The van der Waals surface area contributed by atoms with Gasteiger partial charge in [0.15, 0.2) is 0 Å². The lowest BCUT2D eigenvalue weighted by Gasteiger charge is -2.40. The van der Waals surface area contributed by atoms with Crippen LogP contribution in [0.2, 0.25) is 0 Å². The number of hydrogen-bond donors (Lipinski definition) is 1. The van der Waals surface area contributed by atoms with Crippen LogP contribution in [0.3, 0.4) is 0 Å². The van der Waals surface area contributed by atoms with Crippen molar-refractivity contribution >= 4 is 17.3 Å². The lowest BCUT2D eigenvalue weighted by Crippen LogP contribution is -2.47. The molecule has 0 spiro atoms. The first kappa shape index (κ1) is 12.7. The number of hydrogen-bond acceptors (Lipinski definition) is 2. The van der Waals surface area contributed by atoms with E-state index in [1.807, 2.05) is 12.3 Å². The molecule has 0 bridgehead atoms. The summed E-state index contributed by atoms with van der Waals surface area (Å²) in [6.07, 6.45) is 6.03. The number of pyridine rings is 1. The monoisotopic (exact) mass is 274 g/mol. The Bertz CT molecular complexity index is 586. The van der Waals surface area contributed by atoms with Crippen LogP contribution in [0.1, 0.15) is 38.4 Å². The minimum absolute atomic E-state index is 0.109. The topological polar surface area (TPSA) is 24.9 Å². The molecule has 0 saturated heterocycles. The van der Waals surface area contributed by atoms with Crippen molar-refractivity contribution in [1.29, 1.82) is 0 Å². The van der Waals surface area contributed by atoms with Gasteiger partial charge in [0.25, 0.3) is 0 Å². The van der Waals surface area contributed by atoms with Gasteiger partial charge in [-0.05, 0) is 49.0 Å². The number of aryl methyl sites for hydroxylation is 1. The van der Waals surface area contributed by atoms with Crippen molar-refractivity contribution in [2.45, 2.75) is 39.2 Å². The minimum atomic E-state index is -0.109. The summed E-state index contributed by atoms with van der Waals surface area (Å²) in [6.45, 7) is 6.61. The van der Waals surface area contributed by atoms with Gasteiger partial charge in [-0.2, -0.15) is 0 Å². The van der Waals surface area contributed by atoms with Gasteiger partial charge in [0.05, 0.1) is 16.9 Å². The third-order valence-electron chi connectivity index (χ3n) is 4.38. The fraction of sp³-hybridized carbons (Fsp3) is 0.438. The van der Waals surface area contributed by atoms with Crippen molar-refractivity contribution in [3.8, 4) is 0 Å². The van der Waals surface area contributed by atoms with Crippen LogP contribution in [-0.2, 0) is 6.42 Å². The SMILES string of the molecule is CC(C)[C@]1(C)C=C(Cl)C2=C(N1)c1ncccc1CC2. The van der Waals surface area contributed by atoms with Gasteiger partial charge in [-0.15, -0.1) is 0 Å². The summed E-state index contributed by atoms with van der Waals surface area (Å²) in [4.78, 5) is 4.56. The lowest BCUT2D eigenvalue weighted by atomic mass is 9.81. The zero-order valence-electron chi connectivity index (χ0n) is 11.6. The van der Waals surface area contributed by atoms with E-state index < -0.39 is 0 Å². The van der Waals surface area contributed by atoms with Crippen LogP contribution in [0, 0.1) is 5.92 Å². The molecule has 2 nitrogen and oxygen atoms in total. The van der Waals surface area contributed by atoms with Gasteiger partial charge in [0.2, 0.25) is 0 Å². The number of nitrogens with zero attached hydrogens (tertiary/aromatic N) is 1. The maximum Gasteiger partial charge on any atom is 0.0896 e. The zero-order valence-corrected chi connectivity index (χ0v) is 12.4. The first-order valence-electron chi connectivity index (χ1n) is 6.85. The first-order chi connectivity index (χ1) is 9.01. The van der Waals surface area contributed by atoms with Crippen molar-refractivity contribution in [3.63, 3.8) is 0 Å². The third kappa shape index (κ3) is 1.99. The van der Waals surface area contributed by atoms with E-state index in [4.69, 9.17) is 11.6 Å². The van der Waals surface area contributed by atoms with Crippen LogP contribution in [0.4, 0.5) is 0 Å². The summed E-state index contributed by atoms with van der Waals surface area (Å²) in [7, 11) is 0. The summed E-state index contributed by atoms with van der Waals surface area (Å²) >= 11 is 6.52. The van der Waals surface area contributed by atoms with Gasteiger partial charge in [-0.3, -0.25) is 4.98 Å². The molecule has 1 aliphatic heterocycles. The second-order valence-electron chi connectivity index (χ2n) is 5.92. The second kappa shape index (κ2) is 4.38. The highest BCUT2D eigenvalue weighted by Gasteiger charge is 2.35. The standard InChI is InChI=1S/C16H19ClN2/c1-10(2)16(3)9-13(17)12-7-6-11-5-4-8-18-14(11)15(12)19-16/h4-5,8-10,19H,6-7H2,1-3H3/t16-/m0/s1. The smallest absolute Gasteiger partial charge is 0.0896 e. The summed E-state index contributed by atoms with van der Waals surface area (Å²) in [5, 5.41) is 4.56. The number of fused-ring (bicyclic) bond motifs is 2. The van der Waals surface area contributed by atoms with E-state index in [0.29, 0.717) is 5.92 Å². The molecule has 0 unspecified atom stereocenters. The van der Waals surface area contributed by atoms with E-state index in [0.717, 1.165) is 29.3 Å². The quantitative estimate of drug-likeness (QED) is 0.841. The maximum atomic E-state index is 6.52. The van der Waals surface area contributed by atoms with Gasteiger partial charge in [-0.1, -0.05) is 31.5 Å². The molecule has 2 aliphatic rings. The van der Waals surface area contributed by atoms with Crippen molar-refractivity contribution in [3.05, 3.63) is 46.3 Å². The number of halogens is 1. The number of nitrogens with one attached hydrogen (secondary N) is 1. The molecular formula is C16H19ClN2. The zero-order chi connectivity index (χ0) is 13.6. The van der Waals surface area contributed by atoms with Crippen molar-refractivity contribution in [2.24, 2.45) is 5.92 Å². The van der Waals surface area contributed by atoms with Crippen molar-refractivity contribution in [1.82, 2.24) is 10.3 Å². The molecule has 100 valence electrons. The Morgan fingerprint density at radius 1 is 1.37 bits per heavy atom. The Hall–Kier alpha value is -1.28. The summed E-state index contributed by atoms with van der Waals surface area (Å²) in [6, 6.07) is 4.17. The van der Waals surface area contributed by atoms with Crippen LogP contribution in [0.5, 0.6) is 0 Å². The average molecular weight is 275 g/mol. The van der Waals surface area contributed by atoms with Crippen LogP contribution >= 0.6 is 11.6 Å². The molecule has 1 atom stereocenters. The highest BCUT2D eigenvalue weighted by atomic mass is 35.5. The average Bonchev–Trinajstić information content (AvgIpc) is 2.38. The van der Waals surface area contributed by atoms with Gasteiger partial charge < -0.3 is 5.32 Å². The Balaban J connectivity index is 2.13. The second-order valence-corrected chi connectivity index (χ2v) is 6.33. The molecule has 2 heterocycles. The molecule has 1 aliphatic carbocycles. The van der Waals surface area contributed by atoms with E-state index in [2.05, 4.69) is 43.2 Å². The molecule has 1 aromatic heterocycles. The fourth-order valence-corrected chi connectivity index (χ4v) is 3.15. The number of aromatic nitrogens is 1. The predicted molar refractivity (Wildman–Crippen MR) is 79.8 cm³/mol. The van der Waals surface area contributed by atoms with Gasteiger partial charge >= 0.3 is 0 Å². The highest BCUT2D eigenvalue weighted by Crippen LogP contribution is 2.40. The number of allylic oxidation sites excluding steroid dienone is 2. The Morgan fingerprint density at radius 2 is 2.16 bits per heavy atom. The predicted octanol–water partition coefficient (Wildman–Crippen LogP) is 3.88. The minimum Gasteiger partial charge on any atom is -0.374 e. The summed E-state index contributed by atoms with van der Waals surface area (Å²) < 4.78 is 0. The molecular weight excluding hydrogens is 256 g/mol. The van der Waals surface area contributed by atoms with Gasteiger partial charge in [0, 0.05) is 11.2 Å². The van der Waals surface area contributed by atoms with Crippen LogP contribution in [-0.4, -0.2) is 10.5 Å². The highest BCUT2D eigenvalue weighted by molar-refractivity contribution is 6.33. The first-order valence-corrected chi connectivity index (χ1v) is 7.23. The molecule has 0 saturated carbocycles. The normalized spacial score (nSPS) is 25.6. The molecule has 1 N–H and O–H groups in total. The van der Waals surface area contributed by atoms with E-state index in [9.17, 15) is 0 Å². The third-order valence-corrected chi connectivity index (χ3v) is 4.72. The Morgan fingerprint density at radius 3 is 2.89 bits per heavy atom. The van der Waals surface area contributed by atoms with Gasteiger partial charge in [-0.25, -0.2) is 0 Å². The lowest BCUT2D eigenvalue weighted by molar-refractivity contribution is 0.366. The molecule has 1 aromatic rings. The molecule has 0 radical (unpaired) electrons. The summed E-state index contributed by atoms with van der Waals surface area (Å²) in [5.41, 5.74) is 4.62. The largest absolute Gasteiger partial charge is 0.374 e. The number of dihydropyridines is 1. The molecule has 0 aromatic carbocycles.